The van der Waals surface area contributed by atoms with Crippen molar-refractivity contribution in [2.24, 2.45) is 0 Å². The van der Waals surface area contributed by atoms with E-state index >= 15 is 0 Å². The molecule has 0 aliphatic heterocycles. The standard InChI is InChI=1S/C8H7FI2/c1-2-5-3-4-6(9)8(11)7(5)10/h3-4H,2H2,1H3. The zero-order chi connectivity index (χ0) is 8.43. The molecule has 0 nitrogen and oxygen atoms in total. The number of hydrogen-bond acceptors (Lipinski definition) is 0. The first-order chi connectivity index (χ1) is 5.16. The lowest BCUT2D eigenvalue weighted by Gasteiger charge is -2.03. The van der Waals surface area contributed by atoms with Crippen molar-refractivity contribution in [2.45, 2.75) is 13.3 Å². The first-order valence-corrected chi connectivity index (χ1v) is 5.45. The molecule has 1 aromatic rings. The van der Waals surface area contributed by atoms with Gasteiger partial charge >= 0.3 is 0 Å². The lowest BCUT2D eigenvalue weighted by Crippen LogP contribution is -1.92. The van der Waals surface area contributed by atoms with Gasteiger partial charge in [-0.1, -0.05) is 13.0 Å². The zero-order valence-electron chi connectivity index (χ0n) is 6.00. The molecule has 60 valence electrons. The molecule has 0 saturated carbocycles. The summed E-state index contributed by atoms with van der Waals surface area (Å²) in [5, 5.41) is 0. The highest BCUT2D eigenvalue weighted by atomic mass is 127. The SMILES string of the molecule is CCc1ccc(F)c(I)c1I. The van der Waals surface area contributed by atoms with Gasteiger partial charge in [-0.05, 0) is 63.2 Å². The van der Waals surface area contributed by atoms with Crippen molar-refractivity contribution in [2.75, 3.05) is 0 Å². The van der Waals surface area contributed by atoms with Crippen LogP contribution < -0.4 is 0 Å². The molecule has 0 unspecified atom stereocenters. The van der Waals surface area contributed by atoms with E-state index in [1.165, 1.54) is 11.6 Å². The fraction of sp³-hybridized carbons (Fsp3) is 0.250. The monoisotopic (exact) mass is 376 g/mol. The minimum absolute atomic E-state index is 0.118. The summed E-state index contributed by atoms with van der Waals surface area (Å²) in [5.41, 5.74) is 1.22. The summed E-state index contributed by atoms with van der Waals surface area (Å²) in [6.45, 7) is 2.07. The maximum absolute atomic E-state index is 12.9. The van der Waals surface area contributed by atoms with Gasteiger partial charge in [0.2, 0.25) is 0 Å². The molecular weight excluding hydrogens is 369 g/mol. The predicted octanol–water partition coefficient (Wildman–Crippen LogP) is 3.60. The maximum atomic E-state index is 12.9. The Balaban J connectivity index is 3.25. The number of aryl methyl sites for hydroxylation is 1. The zero-order valence-corrected chi connectivity index (χ0v) is 10.3. The molecule has 0 spiro atoms. The third-order valence-electron chi connectivity index (χ3n) is 1.50. The fourth-order valence-corrected chi connectivity index (χ4v) is 2.18. The molecule has 0 heterocycles. The maximum Gasteiger partial charge on any atom is 0.137 e. The normalized spacial score (nSPS) is 10.2. The van der Waals surface area contributed by atoms with E-state index in [4.69, 9.17) is 0 Å². The van der Waals surface area contributed by atoms with E-state index in [1.807, 2.05) is 28.7 Å². The quantitative estimate of drug-likeness (QED) is 0.519. The van der Waals surface area contributed by atoms with Crippen molar-refractivity contribution < 1.29 is 4.39 Å². The van der Waals surface area contributed by atoms with Crippen LogP contribution in [0.4, 0.5) is 4.39 Å². The van der Waals surface area contributed by atoms with E-state index < -0.39 is 0 Å². The van der Waals surface area contributed by atoms with Crippen LogP contribution in [0.15, 0.2) is 12.1 Å². The van der Waals surface area contributed by atoms with Gasteiger partial charge in [0.25, 0.3) is 0 Å². The van der Waals surface area contributed by atoms with Crippen LogP contribution in [0.1, 0.15) is 12.5 Å². The average molecular weight is 376 g/mol. The molecule has 0 atom stereocenters. The van der Waals surface area contributed by atoms with Gasteiger partial charge in [-0.25, -0.2) is 4.39 Å². The second kappa shape index (κ2) is 4.02. The highest BCUT2D eigenvalue weighted by Gasteiger charge is 2.06. The molecule has 0 N–H and O–H groups in total. The predicted molar refractivity (Wildman–Crippen MR) is 61.2 cm³/mol. The van der Waals surface area contributed by atoms with Crippen LogP contribution in [-0.4, -0.2) is 0 Å². The second-order valence-electron chi connectivity index (χ2n) is 2.19. The summed E-state index contributed by atoms with van der Waals surface area (Å²) in [4.78, 5) is 0. The lowest BCUT2D eigenvalue weighted by molar-refractivity contribution is 0.618. The molecule has 0 aliphatic carbocycles. The molecule has 0 fully saturated rings. The second-order valence-corrected chi connectivity index (χ2v) is 4.35. The Morgan fingerprint density at radius 2 is 1.91 bits per heavy atom. The topological polar surface area (TPSA) is 0 Å². The van der Waals surface area contributed by atoms with Gasteiger partial charge in [0.05, 0.1) is 3.57 Å². The summed E-state index contributed by atoms with van der Waals surface area (Å²) in [6.07, 6.45) is 0.967. The molecule has 0 amide bonds. The number of rotatable bonds is 1. The van der Waals surface area contributed by atoms with Crippen molar-refractivity contribution in [3.8, 4) is 0 Å². The van der Waals surface area contributed by atoms with Gasteiger partial charge in [0.1, 0.15) is 5.82 Å². The molecule has 3 heteroatoms. The molecule has 0 radical (unpaired) electrons. The highest BCUT2D eigenvalue weighted by Crippen LogP contribution is 2.22. The Labute approximate surface area is 92.9 Å². The number of hydrogen-bond donors (Lipinski definition) is 0. The van der Waals surface area contributed by atoms with Crippen LogP contribution in [0.25, 0.3) is 0 Å². The summed E-state index contributed by atoms with van der Waals surface area (Å²) >= 11 is 4.22. The third-order valence-corrected chi connectivity index (χ3v) is 4.81. The van der Waals surface area contributed by atoms with E-state index in [-0.39, 0.29) is 5.82 Å². The summed E-state index contributed by atoms with van der Waals surface area (Å²) in [6, 6.07) is 3.38. The van der Waals surface area contributed by atoms with Gasteiger partial charge in [-0.3, -0.25) is 0 Å². The summed E-state index contributed by atoms with van der Waals surface area (Å²) < 4.78 is 14.7. The molecule has 0 saturated heterocycles. The van der Waals surface area contributed by atoms with Crippen LogP contribution >= 0.6 is 45.2 Å². The number of benzene rings is 1. The van der Waals surface area contributed by atoms with Crippen LogP contribution in [0.2, 0.25) is 0 Å². The first-order valence-electron chi connectivity index (χ1n) is 3.29. The first kappa shape index (κ1) is 9.70. The smallest absolute Gasteiger partial charge is 0.137 e. The molecular formula is C8H7FI2. The Hall–Kier alpha value is 0.610. The summed E-state index contributed by atoms with van der Waals surface area (Å²) in [7, 11) is 0. The van der Waals surface area contributed by atoms with E-state index in [2.05, 4.69) is 29.5 Å². The molecule has 11 heavy (non-hydrogen) atoms. The Morgan fingerprint density at radius 1 is 1.27 bits per heavy atom. The van der Waals surface area contributed by atoms with Crippen molar-refractivity contribution >= 4 is 45.2 Å². The largest absolute Gasteiger partial charge is 0.206 e. The van der Waals surface area contributed by atoms with Gasteiger partial charge in [-0.2, -0.15) is 0 Å². The van der Waals surface area contributed by atoms with Crippen LogP contribution in [0, 0.1) is 13.0 Å². The molecule has 1 rings (SSSR count). The van der Waals surface area contributed by atoms with Crippen molar-refractivity contribution in [3.05, 3.63) is 30.7 Å². The highest BCUT2D eigenvalue weighted by molar-refractivity contribution is 14.1. The van der Waals surface area contributed by atoms with Gasteiger partial charge < -0.3 is 0 Å². The third kappa shape index (κ3) is 2.05. The van der Waals surface area contributed by atoms with Crippen molar-refractivity contribution in [1.82, 2.24) is 0 Å². The number of halogens is 3. The molecule has 0 aromatic heterocycles. The molecule has 0 bridgehead atoms. The van der Waals surface area contributed by atoms with Gasteiger partial charge in [0, 0.05) is 3.57 Å². The van der Waals surface area contributed by atoms with Crippen LogP contribution in [0.3, 0.4) is 0 Å². The van der Waals surface area contributed by atoms with E-state index in [1.54, 1.807) is 0 Å². The van der Waals surface area contributed by atoms with Crippen LogP contribution in [-0.2, 0) is 6.42 Å². The summed E-state index contributed by atoms with van der Waals surface area (Å²) in [5.74, 6) is -0.118. The van der Waals surface area contributed by atoms with Crippen molar-refractivity contribution in [3.63, 3.8) is 0 Å². The van der Waals surface area contributed by atoms with Gasteiger partial charge in [-0.15, -0.1) is 0 Å². The Morgan fingerprint density at radius 3 is 2.45 bits per heavy atom. The Kier molecular flexibility index (Phi) is 3.54. The fourth-order valence-electron chi connectivity index (χ4n) is 0.839. The Bertz CT molecular complexity index is 271. The minimum Gasteiger partial charge on any atom is -0.206 e. The molecule has 0 aliphatic rings. The van der Waals surface area contributed by atoms with E-state index in [0.29, 0.717) is 0 Å². The van der Waals surface area contributed by atoms with E-state index in [0.717, 1.165) is 13.6 Å². The average Bonchev–Trinajstić information content (AvgIpc) is 2.01. The van der Waals surface area contributed by atoms with Gasteiger partial charge in [0.15, 0.2) is 0 Å². The lowest BCUT2D eigenvalue weighted by atomic mass is 10.2. The van der Waals surface area contributed by atoms with Crippen molar-refractivity contribution in [1.29, 1.82) is 0 Å². The minimum atomic E-state index is -0.118. The van der Waals surface area contributed by atoms with Crippen LogP contribution in [0.5, 0.6) is 0 Å². The van der Waals surface area contributed by atoms with E-state index in [9.17, 15) is 4.39 Å². The molecule has 1 aromatic carbocycles.